The molecule has 0 fully saturated rings. The van der Waals surface area contributed by atoms with Gasteiger partial charge >= 0.3 is 0 Å². The van der Waals surface area contributed by atoms with Gasteiger partial charge in [-0.1, -0.05) is 206 Å². The van der Waals surface area contributed by atoms with Crippen LogP contribution in [0, 0.1) is 0 Å². The Morgan fingerprint density at radius 1 is 0.296 bits per heavy atom. The van der Waals surface area contributed by atoms with Crippen LogP contribution in [0.4, 0.5) is 17.1 Å². The monoisotopic (exact) mass is 904 g/mol. The number of aromatic nitrogens is 1. The first-order valence-corrected chi connectivity index (χ1v) is 24.3. The van der Waals surface area contributed by atoms with Crippen LogP contribution in [0.1, 0.15) is 0 Å². The summed E-state index contributed by atoms with van der Waals surface area (Å²) in [7, 11) is 0. The van der Waals surface area contributed by atoms with E-state index in [1.54, 1.807) is 0 Å². The van der Waals surface area contributed by atoms with Gasteiger partial charge in [0.2, 0.25) is 0 Å². The average molecular weight is 905 g/mol. The van der Waals surface area contributed by atoms with E-state index >= 15 is 0 Å². The van der Waals surface area contributed by atoms with E-state index in [0.29, 0.717) is 0 Å². The quantitative estimate of drug-likeness (QED) is 0.142. The zero-order valence-electron chi connectivity index (χ0n) is 38.7. The van der Waals surface area contributed by atoms with Gasteiger partial charge in [-0.25, -0.2) is 0 Å². The highest BCUT2D eigenvalue weighted by molar-refractivity contribution is 6.15. The molecule has 0 atom stereocenters. The molecule has 0 unspecified atom stereocenters. The van der Waals surface area contributed by atoms with Crippen molar-refractivity contribution in [1.29, 1.82) is 0 Å². The Labute approximate surface area is 411 Å². The van der Waals surface area contributed by atoms with Crippen LogP contribution < -0.4 is 4.90 Å². The number of hydrogen-bond acceptors (Lipinski definition) is 2. The summed E-state index contributed by atoms with van der Waals surface area (Å²) in [5, 5.41) is 9.65. The normalized spacial score (nSPS) is 11.7. The summed E-state index contributed by atoms with van der Waals surface area (Å²) in [4.78, 5) is 2.42. The fraction of sp³-hybridized carbons (Fsp3) is 0. The van der Waals surface area contributed by atoms with Gasteiger partial charge in [0, 0.05) is 49.6 Å². The van der Waals surface area contributed by atoms with Gasteiger partial charge in [-0.2, -0.15) is 0 Å². The van der Waals surface area contributed by atoms with Crippen LogP contribution in [0.25, 0.3) is 115 Å². The van der Waals surface area contributed by atoms with Crippen LogP contribution >= 0.6 is 0 Å². The second kappa shape index (κ2) is 16.7. The van der Waals surface area contributed by atoms with E-state index < -0.39 is 0 Å². The van der Waals surface area contributed by atoms with Gasteiger partial charge in [-0.3, -0.25) is 0 Å². The molecule has 0 radical (unpaired) electrons. The Bertz CT molecular complexity index is 4300. The van der Waals surface area contributed by atoms with Crippen LogP contribution in [0.3, 0.4) is 0 Å². The summed E-state index contributed by atoms with van der Waals surface area (Å²) in [6.07, 6.45) is 0. The molecular weight excluding hydrogens is 861 g/mol. The SMILES string of the molecule is c1ccc(-c2ccc(-c3ccc(N(c4cccc(-c5cc6ccccc6c6ccccc56)c4)c4ccccc4-c4cccc5c4oc4ccccc45)cc3)c(-n3c4ccccc4c4ccccc43)c2)cc1. The molecule has 0 amide bonds. The molecule has 0 saturated heterocycles. The van der Waals surface area contributed by atoms with E-state index in [-0.39, 0.29) is 0 Å². The molecule has 0 spiro atoms. The van der Waals surface area contributed by atoms with Gasteiger partial charge in [0.25, 0.3) is 0 Å². The minimum atomic E-state index is 0.879. The smallest absolute Gasteiger partial charge is 0.143 e. The molecule has 0 N–H and O–H groups in total. The van der Waals surface area contributed by atoms with Crippen molar-refractivity contribution in [2.24, 2.45) is 0 Å². The fourth-order valence-corrected chi connectivity index (χ4v) is 11.1. The first-order valence-electron chi connectivity index (χ1n) is 24.3. The molecule has 0 aliphatic rings. The molecular formula is C68H44N2O. The maximum absolute atomic E-state index is 6.71. The van der Waals surface area contributed by atoms with Crippen molar-refractivity contribution < 1.29 is 4.42 Å². The number of para-hydroxylation sites is 5. The van der Waals surface area contributed by atoms with Crippen LogP contribution in [0.2, 0.25) is 0 Å². The zero-order valence-corrected chi connectivity index (χ0v) is 38.7. The highest BCUT2D eigenvalue weighted by atomic mass is 16.3. The summed E-state index contributed by atoms with van der Waals surface area (Å²) >= 11 is 0. The van der Waals surface area contributed by atoms with E-state index in [0.717, 1.165) is 72.5 Å². The van der Waals surface area contributed by atoms with Gasteiger partial charge in [0.05, 0.1) is 22.4 Å². The largest absolute Gasteiger partial charge is 0.455 e. The van der Waals surface area contributed by atoms with Crippen molar-refractivity contribution in [3.8, 4) is 50.2 Å². The molecule has 71 heavy (non-hydrogen) atoms. The molecule has 12 aromatic carbocycles. The van der Waals surface area contributed by atoms with Gasteiger partial charge < -0.3 is 13.9 Å². The molecule has 332 valence electrons. The van der Waals surface area contributed by atoms with Crippen molar-refractivity contribution >= 4 is 82.4 Å². The topological polar surface area (TPSA) is 21.3 Å². The van der Waals surface area contributed by atoms with Crippen LogP contribution in [0.5, 0.6) is 0 Å². The Hall–Kier alpha value is -9.44. The van der Waals surface area contributed by atoms with E-state index in [4.69, 9.17) is 4.42 Å². The first-order chi connectivity index (χ1) is 35.2. The lowest BCUT2D eigenvalue weighted by Crippen LogP contribution is -2.11. The standard InChI is InChI=1S/C68H44N2O/c1-2-18-45(19-3-1)47-38-41-53(66(44-47)70-64-33-13-8-26-56(64)57-27-9-14-34-65(57)70)46-36-39-50(40-37-46)69(63-32-12-10-28-58(63)60-30-17-31-61-59-29-11-15-35-67(59)71-68(60)61)51-22-16-21-48(42-51)62-43-49-20-4-5-23-52(49)54-24-6-7-25-55(54)62/h1-44H. The summed E-state index contributed by atoms with van der Waals surface area (Å²) < 4.78 is 9.16. The predicted octanol–water partition coefficient (Wildman–Crippen LogP) is 19.1. The van der Waals surface area contributed by atoms with E-state index in [9.17, 15) is 0 Å². The molecule has 0 saturated carbocycles. The minimum Gasteiger partial charge on any atom is -0.455 e. The molecule has 3 heteroatoms. The van der Waals surface area contributed by atoms with Crippen LogP contribution in [0.15, 0.2) is 271 Å². The highest BCUT2D eigenvalue weighted by Crippen LogP contribution is 2.47. The second-order valence-electron chi connectivity index (χ2n) is 18.4. The minimum absolute atomic E-state index is 0.879. The lowest BCUT2D eigenvalue weighted by atomic mass is 9.93. The lowest BCUT2D eigenvalue weighted by molar-refractivity contribution is 0.670. The lowest BCUT2D eigenvalue weighted by Gasteiger charge is -2.28. The first kappa shape index (κ1) is 40.6. The molecule has 0 bridgehead atoms. The number of nitrogens with zero attached hydrogens (tertiary/aromatic N) is 2. The van der Waals surface area contributed by atoms with Crippen molar-refractivity contribution in [1.82, 2.24) is 4.57 Å². The maximum Gasteiger partial charge on any atom is 0.143 e. The second-order valence-corrected chi connectivity index (χ2v) is 18.4. The summed E-state index contributed by atoms with van der Waals surface area (Å²) in [5.41, 5.74) is 17.5. The Kier molecular flexibility index (Phi) is 9.53. The van der Waals surface area contributed by atoms with Crippen molar-refractivity contribution in [3.63, 3.8) is 0 Å². The maximum atomic E-state index is 6.71. The molecule has 2 heterocycles. The van der Waals surface area contributed by atoms with Crippen LogP contribution in [-0.4, -0.2) is 4.57 Å². The fourth-order valence-electron chi connectivity index (χ4n) is 11.1. The molecule has 0 aliphatic heterocycles. The van der Waals surface area contributed by atoms with E-state index in [1.807, 2.05) is 6.07 Å². The number of fused-ring (bicyclic) bond motifs is 9. The van der Waals surface area contributed by atoms with Crippen molar-refractivity contribution in [2.75, 3.05) is 4.90 Å². The summed E-state index contributed by atoms with van der Waals surface area (Å²) in [6.45, 7) is 0. The highest BCUT2D eigenvalue weighted by Gasteiger charge is 2.23. The zero-order chi connectivity index (χ0) is 46.8. The van der Waals surface area contributed by atoms with E-state index in [1.165, 1.54) is 60.0 Å². The number of furan rings is 1. The third-order valence-corrected chi connectivity index (χ3v) is 14.4. The van der Waals surface area contributed by atoms with Gasteiger partial charge in [0.15, 0.2) is 0 Å². The molecule has 14 rings (SSSR count). The Morgan fingerprint density at radius 3 is 1.69 bits per heavy atom. The number of benzene rings is 12. The third kappa shape index (κ3) is 6.74. The number of hydrogen-bond donors (Lipinski definition) is 0. The molecule has 0 aliphatic carbocycles. The predicted molar refractivity (Wildman–Crippen MR) is 299 cm³/mol. The Balaban J connectivity index is 0.971. The van der Waals surface area contributed by atoms with Gasteiger partial charge in [-0.05, 0) is 110 Å². The third-order valence-electron chi connectivity index (χ3n) is 14.4. The van der Waals surface area contributed by atoms with Crippen LogP contribution in [-0.2, 0) is 0 Å². The summed E-state index contributed by atoms with van der Waals surface area (Å²) in [6, 6.07) is 96.8. The average Bonchev–Trinajstić information content (AvgIpc) is 4.00. The van der Waals surface area contributed by atoms with Gasteiger partial charge in [-0.15, -0.1) is 0 Å². The van der Waals surface area contributed by atoms with E-state index in [2.05, 4.69) is 270 Å². The van der Waals surface area contributed by atoms with Crippen molar-refractivity contribution in [2.45, 2.75) is 0 Å². The number of anilines is 3. The number of rotatable bonds is 8. The summed E-state index contributed by atoms with van der Waals surface area (Å²) in [5.74, 6) is 0. The molecule has 14 aromatic rings. The van der Waals surface area contributed by atoms with Crippen molar-refractivity contribution in [3.05, 3.63) is 267 Å². The molecule has 3 nitrogen and oxygen atoms in total. The van der Waals surface area contributed by atoms with Gasteiger partial charge in [0.1, 0.15) is 11.2 Å². The Morgan fingerprint density at radius 2 is 0.887 bits per heavy atom. The molecule has 2 aromatic heterocycles.